The fourth-order valence-electron chi connectivity index (χ4n) is 2.04. The minimum atomic E-state index is -0.745. The number of rotatable bonds is 2. The van der Waals surface area contributed by atoms with Gasteiger partial charge in [-0.15, -0.1) is 0 Å². The first-order valence-electron chi connectivity index (χ1n) is 4.94. The van der Waals surface area contributed by atoms with Crippen LogP contribution in [0.5, 0.6) is 0 Å². The fourth-order valence-corrected chi connectivity index (χ4v) is 2.04. The molecule has 1 aromatic heterocycles. The molecule has 2 rings (SSSR count). The summed E-state index contributed by atoms with van der Waals surface area (Å²) in [6.07, 6.45) is 4.50. The lowest BCUT2D eigenvalue weighted by Crippen LogP contribution is -2.36. The van der Waals surface area contributed by atoms with Gasteiger partial charge in [-0.2, -0.15) is 0 Å². The average molecular weight is 209 g/mol. The fraction of sp³-hybridized carbons (Fsp3) is 0.600. The van der Waals surface area contributed by atoms with E-state index in [4.69, 9.17) is 15.2 Å². The molecule has 1 aliphatic rings. The Balaban J connectivity index is 2.53. The number of fused-ring (bicyclic) bond motifs is 1. The Hall–Kier alpha value is -1.20. The highest BCUT2D eigenvalue weighted by Gasteiger charge is 2.38. The van der Waals surface area contributed by atoms with Crippen LogP contribution in [0.4, 0.5) is 5.95 Å². The molecule has 0 unspecified atom stereocenters. The molecule has 82 valence electrons. The molecular weight excluding hydrogens is 194 g/mol. The summed E-state index contributed by atoms with van der Waals surface area (Å²) in [5.74, 6) is -0.487. The van der Waals surface area contributed by atoms with E-state index in [2.05, 4.69) is 9.97 Å². The van der Waals surface area contributed by atoms with Crippen molar-refractivity contribution in [3.8, 4) is 0 Å². The lowest BCUT2D eigenvalue weighted by atomic mass is 9.91. The molecule has 0 atom stereocenters. The number of hydrogen-bond acceptors (Lipinski definition) is 5. The van der Waals surface area contributed by atoms with Gasteiger partial charge in [-0.25, -0.2) is 9.97 Å². The maximum Gasteiger partial charge on any atom is 0.220 e. The maximum atomic E-state index is 5.58. The molecule has 0 radical (unpaired) electrons. The van der Waals surface area contributed by atoms with Gasteiger partial charge in [0, 0.05) is 26.8 Å². The highest BCUT2D eigenvalue weighted by Crippen LogP contribution is 2.37. The quantitative estimate of drug-likeness (QED) is 0.731. The van der Waals surface area contributed by atoms with Crippen LogP contribution >= 0.6 is 0 Å². The monoisotopic (exact) mass is 209 g/mol. The number of nitrogens with two attached hydrogens (primary N) is 1. The van der Waals surface area contributed by atoms with Crippen LogP contribution in [0.1, 0.15) is 24.1 Å². The van der Waals surface area contributed by atoms with Crippen LogP contribution in [0, 0.1) is 0 Å². The predicted octanol–water partition coefficient (Wildman–Crippen LogP) is 0.841. The average Bonchev–Trinajstić information content (AvgIpc) is 2.28. The van der Waals surface area contributed by atoms with Gasteiger partial charge in [0.25, 0.3) is 0 Å². The van der Waals surface area contributed by atoms with Gasteiger partial charge in [0.05, 0.1) is 0 Å². The van der Waals surface area contributed by atoms with Crippen molar-refractivity contribution in [3.63, 3.8) is 0 Å². The third kappa shape index (κ3) is 1.57. The minimum Gasteiger partial charge on any atom is -0.368 e. The molecule has 0 bridgehead atoms. The summed E-state index contributed by atoms with van der Waals surface area (Å²) in [4.78, 5) is 8.21. The largest absolute Gasteiger partial charge is 0.368 e. The summed E-state index contributed by atoms with van der Waals surface area (Å²) in [6.45, 7) is 0. The van der Waals surface area contributed by atoms with E-state index in [1.807, 2.05) is 0 Å². The van der Waals surface area contributed by atoms with Crippen LogP contribution in [0.15, 0.2) is 6.20 Å². The Bertz CT molecular complexity index is 364. The Morgan fingerprint density at radius 1 is 1.40 bits per heavy atom. The normalized spacial score (nSPS) is 18.5. The van der Waals surface area contributed by atoms with Gasteiger partial charge < -0.3 is 15.2 Å². The van der Waals surface area contributed by atoms with Crippen molar-refractivity contribution < 1.29 is 9.47 Å². The minimum absolute atomic E-state index is 0.258. The van der Waals surface area contributed by atoms with Gasteiger partial charge in [0.15, 0.2) is 0 Å². The number of anilines is 1. The number of methoxy groups -OCH3 is 2. The molecule has 1 heterocycles. The Labute approximate surface area is 88.6 Å². The van der Waals surface area contributed by atoms with Gasteiger partial charge in [0.2, 0.25) is 11.7 Å². The SMILES string of the molecule is COC1(OC)CCCc2cnc(N)nc21. The predicted molar refractivity (Wildman–Crippen MR) is 55.1 cm³/mol. The first-order valence-corrected chi connectivity index (χ1v) is 4.94. The molecule has 0 spiro atoms. The number of aromatic nitrogens is 2. The lowest BCUT2D eigenvalue weighted by Gasteiger charge is -2.34. The number of nitrogen functional groups attached to an aromatic ring is 1. The summed E-state index contributed by atoms with van der Waals surface area (Å²) >= 11 is 0. The van der Waals surface area contributed by atoms with Gasteiger partial charge in [0.1, 0.15) is 5.69 Å². The van der Waals surface area contributed by atoms with E-state index in [1.54, 1.807) is 20.4 Å². The molecule has 0 saturated carbocycles. The first-order chi connectivity index (χ1) is 7.22. The summed E-state index contributed by atoms with van der Waals surface area (Å²) in [5.41, 5.74) is 7.40. The van der Waals surface area contributed by atoms with Crippen molar-refractivity contribution in [1.82, 2.24) is 9.97 Å². The standard InChI is InChI=1S/C10H15N3O2/c1-14-10(15-2)5-3-4-7-6-12-9(11)13-8(7)10/h6H,3-5H2,1-2H3,(H2,11,12,13). The van der Waals surface area contributed by atoms with Crippen LogP contribution < -0.4 is 5.73 Å². The topological polar surface area (TPSA) is 70.3 Å². The van der Waals surface area contributed by atoms with Crippen LogP contribution in [0.2, 0.25) is 0 Å². The van der Waals surface area contributed by atoms with Crippen LogP contribution in [-0.4, -0.2) is 24.2 Å². The third-order valence-corrected chi connectivity index (χ3v) is 2.86. The molecule has 0 saturated heterocycles. The van der Waals surface area contributed by atoms with Gasteiger partial charge in [-0.1, -0.05) is 0 Å². The zero-order valence-electron chi connectivity index (χ0n) is 8.99. The summed E-state index contributed by atoms with van der Waals surface area (Å²) < 4.78 is 10.9. The molecule has 1 aromatic rings. The molecule has 15 heavy (non-hydrogen) atoms. The Morgan fingerprint density at radius 3 is 2.80 bits per heavy atom. The van der Waals surface area contributed by atoms with E-state index < -0.39 is 5.79 Å². The molecule has 0 amide bonds. The molecule has 0 aromatic carbocycles. The van der Waals surface area contributed by atoms with Crippen LogP contribution in [0.3, 0.4) is 0 Å². The molecule has 0 fully saturated rings. The van der Waals surface area contributed by atoms with Crippen LogP contribution in [0.25, 0.3) is 0 Å². The molecule has 1 aliphatic carbocycles. The molecular formula is C10H15N3O2. The lowest BCUT2D eigenvalue weighted by molar-refractivity contribution is -0.226. The number of hydrogen-bond donors (Lipinski definition) is 1. The second-order valence-electron chi connectivity index (χ2n) is 3.62. The van der Waals surface area contributed by atoms with E-state index in [0.717, 1.165) is 30.5 Å². The highest BCUT2D eigenvalue weighted by atomic mass is 16.7. The summed E-state index contributed by atoms with van der Waals surface area (Å²) in [7, 11) is 3.24. The van der Waals surface area contributed by atoms with E-state index in [-0.39, 0.29) is 5.95 Å². The van der Waals surface area contributed by atoms with E-state index in [0.29, 0.717) is 0 Å². The van der Waals surface area contributed by atoms with E-state index >= 15 is 0 Å². The van der Waals surface area contributed by atoms with Gasteiger partial charge in [-0.3, -0.25) is 0 Å². The highest BCUT2D eigenvalue weighted by molar-refractivity contribution is 5.30. The Kier molecular flexibility index (Phi) is 2.58. The van der Waals surface area contributed by atoms with Gasteiger partial charge >= 0.3 is 0 Å². The number of aryl methyl sites for hydroxylation is 1. The zero-order valence-corrected chi connectivity index (χ0v) is 8.99. The molecule has 2 N–H and O–H groups in total. The smallest absolute Gasteiger partial charge is 0.220 e. The van der Waals surface area contributed by atoms with Gasteiger partial charge in [-0.05, 0) is 18.4 Å². The molecule has 5 heteroatoms. The summed E-state index contributed by atoms with van der Waals surface area (Å²) in [6, 6.07) is 0. The van der Waals surface area contributed by atoms with Crippen molar-refractivity contribution in [3.05, 3.63) is 17.5 Å². The number of nitrogens with zero attached hydrogens (tertiary/aromatic N) is 2. The van der Waals surface area contributed by atoms with E-state index in [1.165, 1.54) is 0 Å². The molecule has 5 nitrogen and oxygen atoms in total. The van der Waals surface area contributed by atoms with Crippen molar-refractivity contribution in [2.75, 3.05) is 20.0 Å². The zero-order chi connectivity index (χ0) is 10.9. The molecule has 0 aliphatic heterocycles. The summed E-state index contributed by atoms with van der Waals surface area (Å²) in [5, 5.41) is 0. The van der Waals surface area contributed by atoms with Crippen molar-refractivity contribution in [2.24, 2.45) is 0 Å². The van der Waals surface area contributed by atoms with Crippen molar-refractivity contribution >= 4 is 5.95 Å². The second-order valence-corrected chi connectivity index (χ2v) is 3.62. The van der Waals surface area contributed by atoms with Crippen molar-refractivity contribution in [1.29, 1.82) is 0 Å². The first kappa shape index (κ1) is 10.3. The third-order valence-electron chi connectivity index (χ3n) is 2.86. The number of ether oxygens (including phenoxy) is 2. The van der Waals surface area contributed by atoms with Crippen molar-refractivity contribution in [2.45, 2.75) is 25.0 Å². The Morgan fingerprint density at radius 2 is 2.13 bits per heavy atom. The van der Waals surface area contributed by atoms with Crippen LogP contribution in [-0.2, 0) is 21.7 Å². The second kappa shape index (κ2) is 3.75. The van der Waals surface area contributed by atoms with E-state index in [9.17, 15) is 0 Å². The maximum absolute atomic E-state index is 5.58.